The molecule has 0 aliphatic carbocycles. The van der Waals surface area contributed by atoms with Crippen LogP contribution in [0.1, 0.15) is 6.92 Å². The third-order valence-electron chi connectivity index (χ3n) is 2.46. The zero-order valence-corrected chi connectivity index (χ0v) is 11.7. The normalized spacial score (nSPS) is 13.2. The molecule has 1 aromatic carbocycles. The van der Waals surface area contributed by atoms with Gasteiger partial charge in [0, 0.05) is 5.02 Å². The molecule has 1 unspecified atom stereocenters. The lowest BCUT2D eigenvalue weighted by atomic mass is 10.1. The maximum Gasteiger partial charge on any atom is 0.337 e. The van der Waals surface area contributed by atoms with Gasteiger partial charge in [0.1, 0.15) is 5.75 Å². The number of nitrogens with one attached hydrogen (secondary N) is 2. The van der Waals surface area contributed by atoms with Crippen LogP contribution in [0.25, 0.3) is 0 Å². The van der Waals surface area contributed by atoms with Gasteiger partial charge in [0.05, 0.1) is 19.3 Å². The van der Waals surface area contributed by atoms with Crippen LogP contribution >= 0.6 is 11.6 Å². The van der Waals surface area contributed by atoms with E-state index < -0.39 is 24.1 Å². The topological polar surface area (TPSA) is 108 Å². The Balaban J connectivity index is 2.68. The van der Waals surface area contributed by atoms with Crippen molar-refractivity contribution in [2.45, 2.75) is 12.5 Å². The molecule has 20 heavy (non-hydrogen) atoms. The van der Waals surface area contributed by atoms with Gasteiger partial charge in [0.25, 0.3) is 0 Å². The second-order valence-corrected chi connectivity index (χ2v) is 4.67. The Morgan fingerprint density at radius 2 is 2.10 bits per heavy atom. The number of amides is 2. The predicted octanol–water partition coefficient (Wildman–Crippen LogP) is 1.31. The number of carboxylic acid groups (broad SMARTS) is 1. The number of ether oxygens (including phenoxy) is 1. The summed E-state index contributed by atoms with van der Waals surface area (Å²) in [6.45, 7) is 0.632. The Labute approximate surface area is 120 Å². The third kappa shape index (κ3) is 4.29. The molecule has 1 rings (SSSR count). The lowest BCUT2D eigenvalue weighted by Crippen LogP contribution is -2.47. The summed E-state index contributed by atoms with van der Waals surface area (Å²) in [6.07, 6.45) is 0. The van der Waals surface area contributed by atoms with E-state index in [1.807, 2.05) is 0 Å². The highest BCUT2D eigenvalue weighted by molar-refractivity contribution is 6.31. The number of carbonyl (C=O) groups is 2. The van der Waals surface area contributed by atoms with E-state index in [4.69, 9.17) is 21.4 Å². The standard InChI is InChI=1S/C12H15ClN2O5/c1-12(19,10(16)17)6-14-11(18)15-8-5-7(13)3-4-9(8)20-2/h3-5,19H,6H2,1-2H3,(H,16,17)(H2,14,15,18). The van der Waals surface area contributed by atoms with Crippen LogP contribution in [0.4, 0.5) is 10.5 Å². The monoisotopic (exact) mass is 302 g/mol. The van der Waals surface area contributed by atoms with Crippen molar-refractivity contribution in [1.29, 1.82) is 0 Å². The average Bonchev–Trinajstić information content (AvgIpc) is 2.36. The van der Waals surface area contributed by atoms with Gasteiger partial charge in [0.2, 0.25) is 0 Å². The van der Waals surface area contributed by atoms with Gasteiger partial charge in [-0.25, -0.2) is 9.59 Å². The van der Waals surface area contributed by atoms with Crippen molar-refractivity contribution in [2.75, 3.05) is 19.0 Å². The van der Waals surface area contributed by atoms with Crippen molar-refractivity contribution in [2.24, 2.45) is 0 Å². The Morgan fingerprint density at radius 3 is 2.65 bits per heavy atom. The van der Waals surface area contributed by atoms with E-state index in [1.54, 1.807) is 12.1 Å². The summed E-state index contributed by atoms with van der Waals surface area (Å²) in [7, 11) is 1.43. The molecule has 2 amide bonds. The van der Waals surface area contributed by atoms with Gasteiger partial charge in [-0.15, -0.1) is 0 Å². The first-order valence-corrected chi connectivity index (χ1v) is 5.98. The van der Waals surface area contributed by atoms with Crippen LogP contribution in [-0.2, 0) is 4.79 Å². The quantitative estimate of drug-likeness (QED) is 0.656. The molecule has 0 heterocycles. The molecule has 0 aliphatic rings. The fourth-order valence-corrected chi connectivity index (χ4v) is 1.44. The van der Waals surface area contributed by atoms with Gasteiger partial charge >= 0.3 is 12.0 Å². The SMILES string of the molecule is COc1ccc(Cl)cc1NC(=O)NCC(C)(O)C(=O)O. The van der Waals surface area contributed by atoms with Gasteiger partial charge in [-0.2, -0.15) is 0 Å². The Kier molecular flexibility index (Phi) is 5.18. The minimum absolute atomic E-state index is 0.326. The van der Waals surface area contributed by atoms with E-state index in [0.29, 0.717) is 16.5 Å². The van der Waals surface area contributed by atoms with E-state index in [9.17, 15) is 14.7 Å². The number of hydrogen-bond acceptors (Lipinski definition) is 4. The number of methoxy groups -OCH3 is 1. The number of carbonyl (C=O) groups excluding carboxylic acids is 1. The van der Waals surface area contributed by atoms with Crippen molar-refractivity contribution >= 4 is 29.3 Å². The van der Waals surface area contributed by atoms with E-state index in [-0.39, 0.29) is 0 Å². The molecular formula is C12H15ClN2O5. The number of urea groups is 1. The number of aliphatic hydroxyl groups is 1. The molecule has 1 aromatic rings. The van der Waals surface area contributed by atoms with E-state index in [0.717, 1.165) is 6.92 Å². The summed E-state index contributed by atoms with van der Waals surface area (Å²) in [5.74, 6) is -1.03. The molecule has 1 atom stereocenters. The number of rotatable bonds is 5. The molecule has 110 valence electrons. The summed E-state index contributed by atoms with van der Waals surface area (Å²) < 4.78 is 5.04. The number of benzene rings is 1. The molecule has 0 radical (unpaired) electrons. The fraction of sp³-hybridized carbons (Fsp3) is 0.333. The lowest BCUT2D eigenvalue weighted by molar-refractivity contribution is -0.155. The fourth-order valence-electron chi connectivity index (χ4n) is 1.27. The summed E-state index contributed by atoms with van der Waals surface area (Å²) >= 11 is 5.80. The summed E-state index contributed by atoms with van der Waals surface area (Å²) in [5, 5.41) is 23.3. The van der Waals surface area contributed by atoms with Gasteiger partial charge < -0.3 is 25.6 Å². The maximum atomic E-state index is 11.6. The van der Waals surface area contributed by atoms with Crippen molar-refractivity contribution in [3.8, 4) is 5.75 Å². The highest BCUT2D eigenvalue weighted by Gasteiger charge is 2.30. The van der Waals surface area contributed by atoms with Gasteiger partial charge in [0.15, 0.2) is 5.60 Å². The molecule has 0 aromatic heterocycles. The maximum absolute atomic E-state index is 11.6. The molecule has 0 saturated carbocycles. The van der Waals surface area contributed by atoms with E-state index in [1.165, 1.54) is 13.2 Å². The largest absolute Gasteiger partial charge is 0.495 e. The van der Waals surface area contributed by atoms with Crippen molar-refractivity contribution in [3.05, 3.63) is 23.2 Å². The minimum Gasteiger partial charge on any atom is -0.495 e. The van der Waals surface area contributed by atoms with E-state index in [2.05, 4.69) is 10.6 Å². The average molecular weight is 303 g/mol. The summed E-state index contributed by atoms with van der Waals surface area (Å²) in [5.41, 5.74) is -1.72. The summed E-state index contributed by atoms with van der Waals surface area (Å²) in [4.78, 5) is 22.3. The first-order valence-electron chi connectivity index (χ1n) is 5.60. The predicted molar refractivity (Wildman–Crippen MR) is 73.3 cm³/mol. The first-order chi connectivity index (χ1) is 9.26. The number of aliphatic carboxylic acids is 1. The minimum atomic E-state index is -2.05. The Bertz CT molecular complexity index is 519. The summed E-state index contributed by atoms with van der Waals surface area (Å²) in [6, 6.07) is 3.96. The Hall–Kier alpha value is -1.99. The Morgan fingerprint density at radius 1 is 1.45 bits per heavy atom. The second-order valence-electron chi connectivity index (χ2n) is 4.23. The highest BCUT2D eigenvalue weighted by Crippen LogP contribution is 2.27. The lowest BCUT2D eigenvalue weighted by Gasteiger charge is -2.18. The van der Waals surface area contributed by atoms with Crippen molar-refractivity contribution in [1.82, 2.24) is 5.32 Å². The molecule has 0 fully saturated rings. The van der Waals surface area contributed by atoms with Crippen molar-refractivity contribution in [3.63, 3.8) is 0 Å². The van der Waals surface area contributed by atoms with Crippen LogP contribution in [0.3, 0.4) is 0 Å². The smallest absolute Gasteiger partial charge is 0.337 e. The molecule has 0 saturated heterocycles. The van der Waals surface area contributed by atoms with Gasteiger partial charge in [-0.3, -0.25) is 0 Å². The van der Waals surface area contributed by atoms with Crippen LogP contribution in [0.2, 0.25) is 5.02 Å². The van der Waals surface area contributed by atoms with Crippen LogP contribution < -0.4 is 15.4 Å². The first kappa shape index (κ1) is 16.1. The van der Waals surface area contributed by atoms with Crippen LogP contribution in [0.5, 0.6) is 5.75 Å². The highest BCUT2D eigenvalue weighted by atomic mass is 35.5. The molecular weight excluding hydrogens is 288 g/mol. The van der Waals surface area contributed by atoms with E-state index >= 15 is 0 Å². The van der Waals surface area contributed by atoms with Crippen LogP contribution in [0.15, 0.2) is 18.2 Å². The molecule has 0 spiro atoms. The zero-order valence-electron chi connectivity index (χ0n) is 10.9. The van der Waals surface area contributed by atoms with Crippen LogP contribution in [-0.4, -0.2) is 41.5 Å². The third-order valence-corrected chi connectivity index (χ3v) is 2.70. The van der Waals surface area contributed by atoms with Gasteiger partial charge in [-0.05, 0) is 25.1 Å². The molecule has 0 bridgehead atoms. The molecule has 4 N–H and O–H groups in total. The number of hydrogen-bond donors (Lipinski definition) is 4. The molecule has 7 nitrogen and oxygen atoms in total. The number of anilines is 1. The molecule has 8 heteroatoms. The molecule has 0 aliphatic heterocycles. The zero-order chi connectivity index (χ0) is 15.3. The van der Waals surface area contributed by atoms with Gasteiger partial charge in [-0.1, -0.05) is 11.6 Å². The van der Waals surface area contributed by atoms with Crippen LogP contribution in [0, 0.1) is 0 Å². The number of carboxylic acids is 1. The van der Waals surface area contributed by atoms with Crippen molar-refractivity contribution < 1.29 is 24.5 Å². The number of halogens is 1. The second kappa shape index (κ2) is 6.44.